The van der Waals surface area contributed by atoms with Crippen molar-refractivity contribution in [3.8, 4) is 5.75 Å². The predicted molar refractivity (Wildman–Crippen MR) is 74.1 cm³/mol. The molecule has 4 nitrogen and oxygen atoms in total. The standard InChI is InChI=1S/C15H22O4/c1-15(2,3)12-7-6-11(14(16)17)10-13(12)19-9-5-8-18-4/h6-7,10H,5,8-9H2,1-4H3,(H,16,17). The largest absolute Gasteiger partial charge is 0.493 e. The average Bonchev–Trinajstić information content (AvgIpc) is 2.33. The lowest BCUT2D eigenvalue weighted by Crippen LogP contribution is -2.15. The minimum atomic E-state index is -0.942. The highest BCUT2D eigenvalue weighted by Crippen LogP contribution is 2.32. The van der Waals surface area contributed by atoms with Crippen LogP contribution in [0.4, 0.5) is 0 Å². The van der Waals surface area contributed by atoms with Gasteiger partial charge >= 0.3 is 5.97 Å². The van der Waals surface area contributed by atoms with Crippen LogP contribution in [0.2, 0.25) is 0 Å². The van der Waals surface area contributed by atoms with Crippen LogP contribution in [0.3, 0.4) is 0 Å². The number of carbonyl (C=O) groups is 1. The number of hydrogen-bond donors (Lipinski definition) is 1. The Morgan fingerprint density at radius 2 is 1.95 bits per heavy atom. The maximum absolute atomic E-state index is 11.0. The van der Waals surface area contributed by atoms with Crippen molar-refractivity contribution in [3.05, 3.63) is 29.3 Å². The molecule has 1 N–H and O–H groups in total. The second-order valence-electron chi connectivity index (χ2n) is 5.46. The summed E-state index contributed by atoms with van der Waals surface area (Å²) in [4.78, 5) is 11.0. The van der Waals surface area contributed by atoms with Gasteiger partial charge in [-0.2, -0.15) is 0 Å². The smallest absolute Gasteiger partial charge is 0.335 e. The van der Waals surface area contributed by atoms with E-state index in [0.717, 1.165) is 12.0 Å². The Morgan fingerprint density at radius 1 is 1.26 bits per heavy atom. The van der Waals surface area contributed by atoms with E-state index in [0.29, 0.717) is 19.0 Å². The number of rotatable bonds is 6. The molecule has 0 fully saturated rings. The number of carboxylic acid groups (broad SMARTS) is 1. The molecule has 0 amide bonds. The predicted octanol–water partition coefficient (Wildman–Crippen LogP) is 3.10. The van der Waals surface area contributed by atoms with Gasteiger partial charge in [-0.1, -0.05) is 26.8 Å². The Morgan fingerprint density at radius 3 is 2.47 bits per heavy atom. The Kier molecular flexibility index (Phi) is 5.36. The SMILES string of the molecule is COCCCOc1cc(C(=O)O)ccc1C(C)(C)C. The molecule has 0 aromatic heterocycles. The van der Waals surface area contributed by atoms with Crippen molar-refractivity contribution >= 4 is 5.97 Å². The Hall–Kier alpha value is -1.55. The van der Waals surface area contributed by atoms with Crippen LogP contribution < -0.4 is 4.74 Å². The van der Waals surface area contributed by atoms with E-state index >= 15 is 0 Å². The first-order valence-electron chi connectivity index (χ1n) is 6.36. The number of methoxy groups -OCH3 is 1. The van der Waals surface area contributed by atoms with Gasteiger partial charge in [0.1, 0.15) is 5.75 Å². The first kappa shape index (κ1) is 15.5. The number of carboxylic acids is 1. The molecule has 0 saturated carbocycles. The van der Waals surface area contributed by atoms with Crippen molar-refractivity contribution in [3.63, 3.8) is 0 Å². The van der Waals surface area contributed by atoms with Gasteiger partial charge in [0.05, 0.1) is 12.2 Å². The van der Waals surface area contributed by atoms with Crippen LogP contribution in [0.15, 0.2) is 18.2 Å². The summed E-state index contributed by atoms with van der Waals surface area (Å²) in [7, 11) is 1.64. The van der Waals surface area contributed by atoms with Crippen LogP contribution in [0.5, 0.6) is 5.75 Å². The molecule has 1 rings (SSSR count). The van der Waals surface area contributed by atoms with Gasteiger partial charge < -0.3 is 14.6 Å². The van der Waals surface area contributed by atoms with Crippen molar-refractivity contribution in [2.45, 2.75) is 32.6 Å². The van der Waals surface area contributed by atoms with E-state index in [4.69, 9.17) is 14.6 Å². The van der Waals surface area contributed by atoms with E-state index in [1.165, 1.54) is 0 Å². The molecule has 4 heteroatoms. The number of hydrogen-bond acceptors (Lipinski definition) is 3. The fourth-order valence-electron chi connectivity index (χ4n) is 1.78. The van der Waals surface area contributed by atoms with Gasteiger partial charge in [-0.25, -0.2) is 4.79 Å². The summed E-state index contributed by atoms with van der Waals surface area (Å²) >= 11 is 0. The summed E-state index contributed by atoms with van der Waals surface area (Å²) in [5, 5.41) is 9.04. The van der Waals surface area contributed by atoms with Crippen LogP contribution in [0.1, 0.15) is 43.1 Å². The molecule has 0 aliphatic heterocycles. The van der Waals surface area contributed by atoms with Gasteiger partial charge in [0, 0.05) is 20.1 Å². The van der Waals surface area contributed by atoms with Crippen LogP contribution in [0, 0.1) is 0 Å². The Balaban J connectivity index is 2.95. The van der Waals surface area contributed by atoms with E-state index in [-0.39, 0.29) is 11.0 Å². The summed E-state index contributed by atoms with van der Waals surface area (Å²) < 4.78 is 10.7. The van der Waals surface area contributed by atoms with Gasteiger partial charge in [0.15, 0.2) is 0 Å². The van der Waals surface area contributed by atoms with E-state index in [1.54, 1.807) is 19.2 Å². The monoisotopic (exact) mass is 266 g/mol. The zero-order chi connectivity index (χ0) is 14.5. The molecule has 0 aliphatic rings. The van der Waals surface area contributed by atoms with Gasteiger partial charge in [-0.15, -0.1) is 0 Å². The topological polar surface area (TPSA) is 55.8 Å². The Labute approximate surface area is 114 Å². The fourth-order valence-corrected chi connectivity index (χ4v) is 1.78. The summed E-state index contributed by atoms with van der Waals surface area (Å²) in [6, 6.07) is 5.04. The molecular weight excluding hydrogens is 244 g/mol. The highest BCUT2D eigenvalue weighted by molar-refractivity contribution is 5.88. The molecule has 0 radical (unpaired) electrons. The summed E-state index contributed by atoms with van der Waals surface area (Å²) in [6.45, 7) is 7.36. The second kappa shape index (κ2) is 6.57. The van der Waals surface area contributed by atoms with Crippen molar-refractivity contribution in [1.29, 1.82) is 0 Å². The highest BCUT2D eigenvalue weighted by atomic mass is 16.5. The molecule has 0 atom stereocenters. The molecule has 1 aromatic rings. The average molecular weight is 266 g/mol. The third kappa shape index (κ3) is 4.56. The van der Waals surface area contributed by atoms with Crippen molar-refractivity contribution in [2.75, 3.05) is 20.3 Å². The third-order valence-corrected chi connectivity index (χ3v) is 2.79. The molecule has 19 heavy (non-hydrogen) atoms. The highest BCUT2D eigenvalue weighted by Gasteiger charge is 2.20. The first-order chi connectivity index (χ1) is 8.86. The molecule has 0 heterocycles. The lowest BCUT2D eigenvalue weighted by atomic mass is 9.86. The maximum atomic E-state index is 11.0. The quantitative estimate of drug-likeness (QED) is 0.804. The molecule has 0 spiro atoms. The normalized spacial score (nSPS) is 11.4. The van der Waals surface area contributed by atoms with E-state index in [9.17, 15) is 4.79 Å². The number of benzene rings is 1. The van der Waals surface area contributed by atoms with Gasteiger partial charge in [-0.05, 0) is 23.1 Å². The minimum absolute atomic E-state index is 0.0897. The van der Waals surface area contributed by atoms with Crippen LogP contribution in [0.25, 0.3) is 0 Å². The van der Waals surface area contributed by atoms with Gasteiger partial charge in [0.25, 0.3) is 0 Å². The van der Waals surface area contributed by atoms with E-state index in [1.807, 2.05) is 6.07 Å². The fraction of sp³-hybridized carbons (Fsp3) is 0.533. The molecule has 0 aliphatic carbocycles. The lowest BCUT2D eigenvalue weighted by Gasteiger charge is -2.23. The van der Waals surface area contributed by atoms with Crippen LogP contribution in [-0.2, 0) is 10.2 Å². The van der Waals surface area contributed by atoms with Gasteiger partial charge in [-0.3, -0.25) is 0 Å². The second-order valence-corrected chi connectivity index (χ2v) is 5.46. The zero-order valence-corrected chi connectivity index (χ0v) is 12.0. The van der Waals surface area contributed by atoms with E-state index in [2.05, 4.69) is 20.8 Å². The summed E-state index contributed by atoms with van der Waals surface area (Å²) in [5.74, 6) is -0.300. The van der Waals surface area contributed by atoms with Crippen molar-refractivity contribution < 1.29 is 19.4 Å². The number of aromatic carboxylic acids is 1. The maximum Gasteiger partial charge on any atom is 0.335 e. The third-order valence-electron chi connectivity index (χ3n) is 2.79. The summed E-state index contributed by atoms with van der Waals surface area (Å²) in [5.41, 5.74) is 1.16. The molecular formula is C15H22O4. The van der Waals surface area contributed by atoms with Crippen LogP contribution >= 0.6 is 0 Å². The van der Waals surface area contributed by atoms with Gasteiger partial charge in [0.2, 0.25) is 0 Å². The first-order valence-corrected chi connectivity index (χ1v) is 6.36. The lowest BCUT2D eigenvalue weighted by molar-refractivity contribution is 0.0696. The molecule has 1 aromatic carbocycles. The summed E-state index contributed by atoms with van der Waals surface area (Å²) in [6.07, 6.45) is 0.775. The molecule has 0 unspecified atom stereocenters. The molecule has 0 saturated heterocycles. The van der Waals surface area contributed by atoms with Crippen LogP contribution in [-0.4, -0.2) is 31.4 Å². The number of ether oxygens (including phenoxy) is 2. The zero-order valence-electron chi connectivity index (χ0n) is 12.0. The van der Waals surface area contributed by atoms with Crippen molar-refractivity contribution in [1.82, 2.24) is 0 Å². The Bertz CT molecular complexity index is 432. The molecule has 106 valence electrons. The molecule has 0 bridgehead atoms. The van der Waals surface area contributed by atoms with Crippen molar-refractivity contribution in [2.24, 2.45) is 0 Å². The minimum Gasteiger partial charge on any atom is -0.493 e. The van der Waals surface area contributed by atoms with E-state index < -0.39 is 5.97 Å².